The molecule has 0 aliphatic rings. The summed E-state index contributed by atoms with van der Waals surface area (Å²) in [6.45, 7) is 2.63. The van der Waals surface area contributed by atoms with Crippen LogP contribution in [0.3, 0.4) is 0 Å². The van der Waals surface area contributed by atoms with Crippen LogP contribution in [0.5, 0.6) is 0 Å². The van der Waals surface area contributed by atoms with Gasteiger partial charge in [0.05, 0.1) is 0 Å². The number of halogens is 7. The Bertz CT molecular complexity index is 161. The first-order chi connectivity index (χ1) is 5.64. The maximum Gasteiger partial charge on any atom is 0.425 e. The molecule has 7 heteroatoms. The van der Waals surface area contributed by atoms with Gasteiger partial charge in [-0.1, -0.05) is 6.92 Å². The third-order valence-corrected chi connectivity index (χ3v) is 1.30. The van der Waals surface area contributed by atoms with Crippen LogP contribution in [0, 0.1) is 6.92 Å². The highest BCUT2D eigenvalue weighted by atomic mass is 19.4. The van der Waals surface area contributed by atoms with Gasteiger partial charge in [0.25, 0.3) is 6.17 Å². The zero-order valence-corrected chi connectivity index (χ0v) is 6.21. The van der Waals surface area contributed by atoms with Crippen molar-refractivity contribution in [1.82, 2.24) is 0 Å². The zero-order chi connectivity index (χ0) is 10.9. The lowest BCUT2D eigenvalue weighted by atomic mass is 10.1. The van der Waals surface area contributed by atoms with Crippen molar-refractivity contribution in [3.63, 3.8) is 0 Å². The highest BCUT2D eigenvalue weighted by Crippen LogP contribution is 2.38. The lowest BCUT2D eigenvalue weighted by molar-refractivity contribution is -0.259. The first-order valence-corrected chi connectivity index (χ1v) is 3.16. The van der Waals surface area contributed by atoms with E-state index in [1.807, 2.05) is 0 Å². The first-order valence-electron chi connectivity index (χ1n) is 3.16. The minimum absolute atomic E-state index is 1.12. The van der Waals surface area contributed by atoms with Gasteiger partial charge in [-0.2, -0.15) is 22.0 Å². The van der Waals surface area contributed by atoms with Crippen molar-refractivity contribution in [3.8, 4) is 0 Å². The van der Waals surface area contributed by atoms with Crippen LogP contribution in [0.25, 0.3) is 0 Å². The van der Waals surface area contributed by atoms with E-state index >= 15 is 0 Å². The van der Waals surface area contributed by atoms with Gasteiger partial charge in [-0.05, 0) is 6.42 Å². The van der Waals surface area contributed by atoms with Crippen LogP contribution in [-0.2, 0) is 0 Å². The number of hydrogen-bond donors (Lipinski definition) is 0. The first kappa shape index (κ1) is 12.5. The molecule has 0 aromatic carbocycles. The highest BCUT2D eigenvalue weighted by molar-refractivity contribution is 4.89. The highest BCUT2D eigenvalue weighted by Gasteiger charge is 2.60. The van der Waals surface area contributed by atoms with Crippen LogP contribution in [0.15, 0.2) is 0 Å². The largest absolute Gasteiger partial charge is 0.425 e. The van der Waals surface area contributed by atoms with Crippen LogP contribution in [0.4, 0.5) is 30.7 Å². The molecule has 0 saturated carbocycles. The summed E-state index contributed by atoms with van der Waals surface area (Å²) in [7, 11) is 0. The molecule has 0 N–H and O–H groups in total. The quantitative estimate of drug-likeness (QED) is 0.629. The molecule has 13 heavy (non-hydrogen) atoms. The Morgan fingerprint density at radius 3 is 1.62 bits per heavy atom. The molecule has 1 unspecified atom stereocenters. The Morgan fingerprint density at radius 2 is 1.38 bits per heavy atom. The molecule has 0 fully saturated rings. The van der Waals surface area contributed by atoms with Crippen molar-refractivity contribution in [3.05, 3.63) is 6.92 Å². The molecule has 0 aliphatic carbocycles. The predicted molar refractivity (Wildman–Crippen MR) is 30.8 cm³/mol. The van der Waals surface area contributed by atoms with Crippen molar-refractivity contribution in [2.24, 2.45) is 0 Å². The summed E-state index contributed by atoms with van der Waals surface area (Å²) in [5.41, 5.74) is 0. The van der Waals surface area contributed by atoms with E-state index in [9.17, 15) is 30.7 Å². The van der Waals surface area contributed by atoms with Gasteiger partial charge in [0, 0.05) is 0 Å². The Kier molecular flexibility index (Phi) is 3.57. The van der Waals surface area contributed by atoms with E-state index in [1.165, 1.54) is 0 Å². The summed E-state index contributed by atoms with van der Waals surface area (Å²) >= 11 is 0. The van der Waals surface area contributed by atoms with Crippen LogP contribution < -0.4 is 0 Å². The average Bonchev–Trinajstić information content (AvgIpc) is 1.99. The van der Waals surface area contributed by atoms with Gasteiger partial charge in [0.15, 0.2) is 6.17 Å². The fraction of sp³-hybridized carbons (Fsp3) is 0.833. The molecule has 0 bridgehead atoms. The maximum atomic E-state index is 12.2. The van der Waals surface area contributed by atoms with Crippen molar-refractivity contribution in [2.75, 3.05) is 0 Å². The van der Waals surface area contributed by atoms with Crippen molar-refractivity contribution < 1.29 is 30.7 Å². The lowest BCUT2D eigenvalue weighted by Crippen LogP contribution is -2.47. The zero-order valence-electron chi connectivity index (χ0n) is 6.21. The standard InChI is InChI=1S/C6H6F7/c1-2-3(7)5(9,10)4(8)6(11,12)13/h3-4H,1-2H2/t3?,4-/m0/s1. The number of alkyl halides is 7. The second-order valence-electron chi connectivity index (χ2n) is 2.33. The Hall–Kier alpha value is -0.490. The van der Waals surface area contributed by atoms with E-state index < -0.39 is 30.9 Å². The second-order valence-corrected chi connectivity index (χ2v) is 2.33. The van der Waals surface area contributed by atoms with Gasteiger partial charge in [-0.3, -0.25) is 0 Å². The Labute approximate surface area is 69.7 Å². The van der Waals surface area contributed by atoms with E-state index in [2.05, 4.69) is 6.92 Å². The topological polar surface area (TPSA) is 0 Å². The Balaban J connectivity index is 4.63. The van der Waals surface area contributed by atoms with E-state index in [4.69, 9.17) is 0 Å². The van der Waals surface area contributed by atoms with E-state index in [-0.39, 0.29) is 0 Å². The van der Waals surface area contributed by atoms with Crippen molar-refractivity contribution >= 4 is 0 Å². The van der Waals surface area contributed by atoms with Crippen LogP contribution >= 0.6 is 0 Å². The van der Waals surface area contributed by atoms with Gasteiger partial charge in [0.2, 0.25) is 0 Å². The molecule has 0 aromatic rings. The van der Waals surface area contributed by atoms with E-state index in [1.54, 1.807) is 0 Å². The van der Waals surface area contributed by atoms with Crippen molar-refractivity contribution in [2.45, 2.75) is 30.9 Å². The van der Waals surface area contributed by atoms with Gasteiger partial charge in [-0.15, -0.1) is 0 Å². The molecule has 0 nitrogen and oxygen atoms in total. The third kappa shape index (κ3) is 2.73. The lowest BCUT2D eigenvalue weighted by Gasteiger charge is -2.24. The van der Waals surface area contributed by atoms with Gasteiger partial charge in [0.1, 0.15) is 0 Å². The fourth-order valence-corrected chi connectivity index (χ4v) is 0.569. The summed E-state index contributed by atoms with van der Waals surface area (Å²) in [4.78, 5) is 0. The van der Waals surface area contributed by atoms with Gasteiger partial charge < -0.3 is 0 Å². The summed E-state index contributed by atoms with van der Waals surface area (Å²) in [5, 5.41) is 0. The van der Waals surface area contributed by atoms with Crippen LogP contribution in [0.2, 0.25) is 0 Å². The second kappa shape index (κ2) is 3.71. The van der Waals surface area contributed by atoms with Crippen molar-refractivity contribution in [1.29, 1.82) is 0 Å². The third-order valence-electron chi connectivity index (χ3n) is 1.30. The molecular formula is C6H6F7. The minimum Gasteiger partial charge on any atom is -0.241 e. The minimum atomic E-state index is -5.76. The van der Waals surface area contributed by atoms with E-state index in [0.29, 0.717) is 0 Å². The molecular weight excluding hydrogens is 205 g/mol. The Morgan fingerprint density at radius 1 is 1.00 bits per heavy atom. The molecule has 0 saturated heterocycles. The summed E-state index contributed by atoms with van der Waals surface area (Å²) in [5.74, 6) is -5.07. The fourth-order valence-electron chi connectivity index (χ4n) is 0.569. The van der Waals surface area contributed by atoms with Crippen LogP contribution in [-0.4, -0.2) is 24.4 Å². The molecule has 0 aromatic heterocycles. The van der Waals surface area contributed by atoms with E-state index in [0.717, 1.165) is 0 Å². The summed E-state index contributed by atoms with van der Waals surface area (Å²) < 4.78 is 82.7. The molecule has 0 amide bonds. The molecule has 79 valence electrons. The molecule has 2 atom stereocenters. The summed E-state index contributed by atoms with van der Waals surface area (Å²) in [6.07, 6.45) is -14.6. The van der Waals surface area contributed by atoms with Gasteiger partial charge >= 0.3 is 12.1 Å². The summed E-state index contributed by atoms with van der Waals surface area (Å²) in [6, 6.07) is 0. The SMILES string of the molecule is [CH2]CC(F)C(F)(F)[C@H](F)C(F)(F)F. The smallest absolute Gasteiger partial charge is 0.241 e. The number of rotatable bonds is 3. The maximum absolute atomic E-state index is 12.2. The predicted octanol–water partition coefficient (Wildman–Crippen LogP) is 3.08. The molecule has 1 radical (unpaired) electrons. The molecule has 0 heterocycles. The number of hydrogen-bond acceptors (Lipinski definition) is 0. The van der Waals surface area contributed by atoms with Crippen LogP contribution in [0.1, 0.15) is 6.42 Å². The molecule has 0 aliphatic heterocycles. The molecule has 0 spiro atoms. The average molecular weight is 211 g/mol. The van der Waals surface area contributed by atoms with Gasteiger partial charge in [-0.25, -0.2) is 8.78 Å². The normalized spacial score (nSPS) is 18.5. The molecule has 0 rings (SSSR count). The monoisotopic (exact) mass is 211 g/mol.